The Morgan fingerprint density at radius 3 is 2.70 bits per heavy atom. The molecule has 1 aliphatic heterocycles. The van der Waals surface area contributed by atoms with Gasteiger partial charge in [0.05, 0.1) is 9.62 Å². The van der Waals surface area contributed by atoms with Crippen LogP contribution in [-0.2, 0) is 0 Å². The minimum atomic E-state index is -0.733. The topological polar surface area (TPSA) is 85.6 Å². The highest BCUT2D eigenvalue weighted by Gasteiger charge is 2.27. The summed E-state index contributed by atoms with van der Waals surface area (Å²) in [6.45, 7) is 2.45. The summed E-state index contributed by atoms with van der Waals surface area (Å²) in [4.78, 5) is 29.0. The van der Waals surface area contributed by atoms with Crippen LogP contribution >= 0.6 is 11.3 Å². The van der Waals surface area contributed by atoms with Crippen LogP contribution in [0.2, 0.25) is 0 Å². The number of likely N-dealkylation sites (tertiary alicyclic amines) is 1. The van der Waals surface area contributed by atoms with Gasteiger partial charge in [-0.3, -0.25) is 14.9 Å². The van der Waals surface area contributed by atoms with Crippen LogP contribution in [0.1, 0.15) is 28.8 Å². The quantitative estimate of drug-likeness (QED) is 0.448. The molecule has 1 fully saturated rings. The molecule has 0 N–H and O–H groups in total. The number of fused-ring (bicyclic) bond motifs is 1. The largest absolute Gasteiger partial charge is 0.467 e. The van der Waals surface area contributed by atoms with Crippen LogP contribution in [0.15, 0.2) is 30.3 Å². The third-order valence-corrected chi connectivity index (χ3v) is 5.94. The third kappa shape index (κ3) is 3.95. The lowest BCUT2D eigenvalue weighted by molar-refractivity contribution is -0.385. The Kier molecular flexibility index (Phi) is 5.33. The highest BCUT2D eigenvalue weighted by Crippen LogP contribution is 2.32. The highest BCUT2D eigenvalue weighted by atomic mass is 32.1. The maximum Gasteiger partial charge on any atom is 0.274 e. The van der Waals surface area contributed by atoms with Crippen molar-refractivity contribution in [1.29, 1.82) is 0 Å². The predicted molar refractivity (Wildman–Crippen MR) is 107 cm³/mol. The van der Waals surface area contributed by atoms with Crippen LogP contribution in [0, 0.1) is 28.7 Å². The van der Waals surface area contributed by atoms with Crippen LogP contribution in [0.25, 0.3) is 10.2 Å². The summed E-state index contributed by atoms with van der Waals surface area (Å²) in [5.41, 5.74) is 0.759. The van der Waals surface area contributed by atoms with Gasteiger partial charge in [-0.25, -0.2) is 8.78 Å². The molecule has 3 aromatic rings. The SMILES string of the molecule is Cc1ccc(C(=O)N2CCC(Oc3nc4c(F)cc(F)cc4s3)CC2)cc1[N+](=O)[O-]. The minimum Gasteiger partial charge on any atom is -0.467 e. The Balaban J connectivity index is 1.40. The van der Waals surface area contributed by atoms with Gasteiger partial charge in [0.25, 0.3) is 16.8 Å². The molecule has 0 atom stereocenters. The first-order valence-corrected chi connectivity index (χ1v) is 10.1. The van der Waals surface area contributed by atoms with E-state index in [-0.39, 0.29) is 34.0 Å². The molecule has 0 spiro atoms. The van der Waals surface area contributed by atoms with Crippen LogP contribution in [0.4, 0.5) is 14.5 Å². The average Bonchev–Trinajstić information content (AvgIpc) is 3.11. The number of hydrogen-bond acceptors (Lipinski definition) is 6. The standard InChI is InChI=1S/C20H17F2N3O4S/c1-11-2-3-12(8-16(11)25(27)28)19(26)24-6-4-14(5-7-24)29-20-23-18-15(22)9-13(21)10-17(18)30-20/h2-3,8-10,14H,4-7H2,1H3. The van der Waals surface area contributed by atoms with Gasteiger partial charge >= 0.3 is 0 Å². The van der Waals surface area contributed by atoms with Gasteiger partial charge in [-0.15, -0.1) is 0 Å². The van der Waals surface area contributed by atoms with Gasteiger partial charge in [-0.05, 0) is 19.1 Å². The van der Waals surface area contributed by atoms with Crippen molar-refractivity contribution in [3.05, 3.63) is 63.2 Å². The summed E-state index contributed by atoms with van der Waals surface area (Å²) in [5.74, 6) is -1.67. The molecule has 10 heteroatoms. The number of carbonyl (C=O) groups is 1. The number of hydrogen-bond donors (Lipinski definition) is 0. The van der Waals surface area contributed by atoms with E-state index < -0.39 is 16.6 Å². The molecule has 0 bridgehead atoms. The van der Waals surface area contributed by atoms with Crippen molar-refractivity contribution < 1.29 is 23.2 Å². The van der Waals surface area contributed by atoms with E-state index in [0.717, 1.165) is 17.4 Å². The van der Waals surface area contributed by atoms with Crippen molar-refractivity contribution in [1.82, 2.24) is 9.88 Å². The van der Waals surface area contributed by atoms with Gasteiger partial charge in [0, 0.05) is 49.2 Å². The zero-order chi connectivity index (χ0) is 21.4. The lowest BCUT2D eigenvalue weighted by Crippen LogP contribution is -2.41. The van der Waals surface area contributed by atoms with Crippen molar-refractivity contribution in [2.75, 3.05) is 13.1 Å². The van der Waals surface area contributed by atoms with Crippen molar-refractivity contribution >= 4 is 33.1 Å². The maximum atomic E-state index is 13.8. The van der Waals surface area contributed by atoms with Gasteiger partial charge in [-0.2, -0.15) is 4.98 Å². The molecule has 0 radical (unpaired) electrons. The molecular formula is C20H17F2N3O4S. The number of carbonyl (C=O) groups excluding carboxylic acids is 1. The number of ether oxygens (including phenoxy) is 1. The summed E-state index contributed by atoms with van der Waals surface area (Å²) >= 11 is 1.07. The second-order valence-electron chi connectivity index (χ2n) is 7.08. The fourth-order valence-corrected chi connectivity index (χ4v) is 4.35. The zero-order valence-electron chi connectivity index (χ0n) is 15.9. The molecule has 2 heterocycles. The Morgan fingerprint density at radius 2 is 2.00 bits per heavy atom. The monoisotopic (exact) mass is 433 g/mol. The second kappa shape index (κ2) is 7.94. The number of halogens is 2. The average molecular weight is 433 g/mol. The van der Waals surface area contributed by atoms with Crippen molar-refractivity contribution in [2.24, 2.45) is 0 Å². The third-order valence-electron chi connectivity index (χ3n) is 5.04. The molecule has 30 heavy (non-hydrogen) atoms. The summed E-state index contributed by atoms with van der Waals surface area (Å²) in [6.07, 6.45) is 0.855. The number of benzene rings is 2. The van der Waals surface area contributed by atoms with Crippen LogP contribution in [0.5, 0.6) is 5.19 Å². The molecule has 1 saturated heterocycles. The molecule has 1 aliphatic rings. The Morgan fingerprint density at radius 1 is 1.27 bits per heavy atom. The number of amides is 1. The van der Waals surface area contributed by atoms with Crippen LogP contribution in [0.3, 0.4) is 0 Å². The Hall–Kier alpha value is -3.14. The molecule has 4 rings (SSSR count). The molecule has 0 saturated carbocycles. The highest BCUT2D eigenvalue weighted by molar-refractivity contribution is 7.20. The van der Waals surface area contributed by atoms with Gasteiger partial charge in [0.1, 0.15) is 17.4 Å². The first-order chi connectivity index (χ1) is 14.3. The molecule has 7 nitrogen and oxygen atoms in total. The number of thiazole rings is 1. The fraction of sp³-hybridized carbons (Fsp3) is 0.300. The van der Waals surface area contributed by atoms with Gasteiger partial charge < -0.3 is 9.64 Å². The molecule has 0 aliphatic carbocycles. The lowest BCUT2D eigenvalue weighted by atomic mass is 10.0. The number of aromatic nitrogens is 1. The van der Waals surface area contributed by atoms with Crippen LogP contribution < -0.4 is 4.74 Å². The van der Waals surface area contributed by atoms with Crippen molar-refractivity contribution in [2.45, 2.75) is 25.9 Å². The number of nitrogens with zero attached hydrogens (tertiary/aromatic N) is 3. The molecule has 156 valence electrons. The van der Waals surface area contributed by atoms with E-state index in [9.17, 15) is 23.7 Å². The smallest absolute Gasteiger partial charge is 0.274 e. The summed E-state index contributed by atoms with van der Waals surface area (Å²) in [6, 6.07) is 6.45. The number of piperidine rings is 1. The van der Waals surface area contributed by atoms with E-state index in [2.05, 4.69) is 4.98 Å². The summed E-state index contributed by atoms with van der Waals surface area (Å²) in [7, 11) is 0. The van der Waals surface area contributed by atoms with E-state index in [1.807, 2.05) is 0 Å². The van der Waals surface area contributed by atoms with Crippen molar-refractivity contribution in [3.63, 3.8) is 0 Å². The van der Waals surface area contributed by atoms with E-state index in [4.69, 9.17) is 4.74 Å². The normalized spacial score (nSPS) is 14.8. The number of nitro groups is 1. The molecular weight excluding hydrogens is 416 g/mol. The number of rotatable bonds is 4. The first-order valence-electron chi connectivity index (χ1n) is 9.28. The maximum absolute atomic E-state index is 13.8. The summed E-state index contributed by atoms with van der Waals surface area (Å²) < 4.78 is 33.3. The molecule has 1 amide bonds. The fourth-order valence-electron chi connectivity index (χ4n) is 3.43. The van der Waals surface area contributed by atoms with Gasteiger partial charge in [0.2, 0.25) is 0 Å². The van der Waals surface area contributed by atoms with E-state index in [1.165, 1.54) is 12.1 Å². The van der Waals surface area contributed by atoms with E-state index in [0.29, 0.717) is 36.2 Å². The number of nitro benzene ring substituents is 1. The molecule has 2 aromatic carbocycles. The molecule has 0 unspecified atom stereocenters. The minimum absolute atomic E-state index is 0.0741. The predicted octanol–water partition coefficient (Wildman–Crippen LogP) is 4.47. The zero-order valence-corrected chi connectivity index (χ0v) is 16.7. The van der Waals surface area contributed by atoms with E-state index in [1.54, 1.807) is 24.0 Å². The van der Waals surface area contributed by atoms with E-state index >= 15 is 0 Å². The Bertz CT molecular complexity index is 1140. The number of aryl methyl sites for hydroxylation is 1. The Labute approximate surface area is 174 Å². The molecule has 1 aromatic heterocycles. The summed E-state index contributed by atoms with van der Waals surface area (Å²) in [5, 5.41) is 11.4. The van der Waals surface area contributed by atoms with Crippen LogP contribution in [-0.4, -0.2) is 39.9 Å². The first kappa shape index (κ1) is 20.1. The van der Waals surface area contributed by atoms with Gasteiger partial charge in [-0.1, -0.05) is 17.4 Å². The van der Waals surface area contributed by atoms with Crippen molar-refractivity contribution in [3.8, 4) is 5.19 Å². The lowest BCUT2D eigenvalue weighted by Gasteiger charge is -2.31. The van der Waals surface area contributed by atoms with Gasteiger partial charge in [0.15, 0.2) is 5.82 Å². The second-order valence-corrected chi connectivity index (χ2v) is 8.08.